The zero-order chi connectivity index (χ0) is 17.5. The summed E-state index contributed by atoms with van der Waals surface area (Å²) in [6, 6.07) is 17.4. The Kier molecular flexibility index (Phi) is 5.85. The summed E-state index contributed by atoms with van der Waals surface area (Å²) < 4.78 is 0. The highest BCUT2D eigenvalue weighted by Crippen LogP contribution is 2.13. The Morgan fingerprint density at radius 2 is 1.76 bits per heavy atom. The first-order chi connectivity index (χ1) is 12.2. The van der Waals surface area contributed by atoms with Gasteiger partial charge in [0.1, 0.15) is 0 Å². The van der Waals surface area contributed by atoms with Gasteiger partial charge < -0.3 is 5.32 Å². The van der Waals surface area contributed by atoms with Crippen molar-refractivity contribution in [1.82, 2.24) is 15.5 Å². The lowest BCUT2D eigenvalue weighted by Crippen LogP contribution is -2.28. The molecule has 0 saturated heterocycles. The molecule has 1 aromatic heterocycles. The number of rotatable bonds is 7. The Labute approximate surface area is 149 Å². The van der Waals surface area contributed by atoms with Gasteiger partial charge >= 0.3 is 0 Å². The molecule has 0 unspecified atom stereocenters. The van der Waals surface area contributed by atoms with Gasteiger partial charge in [-0.1, -0.05) is 48.5 Å². The molecule has 3 rings (SSSR count). The highest BCUT2D eigenvalue weighted by Gasteiger charge is 2.10. The molecular formula is C19H19N3O2S. The van der Waals surface area contributed by atoms with Crippen molar-refractivity contribution in [2.75, 3.05) is 12.3 Å². The lowest BCUT2D eigenvalue weighted by atomic mass is 10.1. The average Bonchev–Trinajstić information content (AvgIpc) is 2.65. The van der Waals surface area contributed by atoms with Crippen LogP contribution in [0.2, 0.25) is 0 Å². The van der Waals surface area contributed by atoms with Gasteiger partial charge in [0.2, 0.25) is 5.91 Å². The molecule has 3 aromatic rings. The first kappa shape index (κ1) is 17.2. The summed E-state index contributed by atoms with van der Waals surface area (Å²) in [7, 11) is 0. The van der Waals surface area contributed by atoms with E-state index in [0.717, 1.165) is 16.9 Å². The molecule has 0 radical (unpaired) electrons. The molecule has 0 aliphatic rings. The number of thioether (sulfide) groups is 1. The van der Waals surface area contributed by atoms with Crippen LogP contribution in [-0.2, 0) is 17.0 Å². The van der Waals surface area contributed by atoms with Crippen molar-refractivity contribution in [3.05, 3.63) is 76.2 Å². The summed E-state index contributed by atoms with van der Waals surface area (Å²) >= 11 is 1.78. The molecular weight excluding hydrogens is 334 g/mol. The quantitative estimate of drug-likeness (QED) is 0.640. The van der Waals surface area contributed by atoms with Crippen LogP contribution in [0.4, 0.5) is 0 Å². The van der Waals surface area contributed by atoms with Crippen molar-refractivity contribution in [3.63, 3.8) is 0 Å². The van der Waals surface area contributed by atoms with Gasteiger partial charge in [0.15, 0.2) is 0 Å². The monoisotopic (exact) mass is 353 g/mol. The van der Waals surface area contributed by atoms with E-state index in [-0.39, 0.29) is 17.9 Å². The number of carbonyl (C=O) groups is 1. The third-order valence-corrected chi connectivity index (χ3v) is 4.81. The number of H-pyrrole nitrogens is 1. The smallest absolute Gasteiger partial charge is 0.272 e. The van der Waals surface area contributed by atoms with E-state index >= 15 is 0 Å². The number of hydrogen-bond acceptors (Lipinski definition) is 4. The first-order valence-corrected chi connectivity index (χ1v) is 9.24. The Bertz CT molecular complexity index is 909. The van der Waals surface area contributed by atoms with Gasteiger partial charge in [0.05, 0.1) is 17.5 Å². The molecule has 0 aliphatic heterocycles. The van der Waals surface area contributed by atoms with Gasteiger partial charge in [-0.25, -0.2) is 5.10 Å². The molecule has 2 N–H and O–H groups in total. The minimum atomic E-state index is -0.239. The molecule has 0 bridgehead atoms. The van der Waals surface area contributed by atoms with Gasteiger partial charge in [-0.2, -0.15) is 16.9 Å². The molecule has 128 valence electrons. The second kappa shape index (κ2) is 8.48. The largest absolute Gasteiger partial charge is 0.355 e. The molecule has 5 nitrogen and oxygen atoms in total. The fourth-order valence-electron chi connectivity index (χ4n) is 2.55. The minimum absolute atomic E-state index is 0.0926. The van der Waals surface area contributed by atoms with Crippen molar-refractivity contribution in [3.8, 4) is 0 Å². The van der Waals surface area contributed by atoms with E-state index in [1.807, 2.05) is 30.3 Å². The second-order valence-corrected chi connectivity index (χ2v) is 6.72. The molecule has 2 aromatic carbocycles. The molecule has 0 aliphatic carbocycles. The highest BCUT2D eigenvalue weighted by molar-refractivity contribution is 7.98. The molecule has 0 atom stereocenters. The number of nitrogens with one attached hydrogen (secondary N) is 2. The summed E-state index contributed by atoms with van der Waals surface area (Å²) in [5, 5.41) is 10.7. The molecule has 25 heavy (non-hydrogen) atoms. The van der Waals surface area contributed by atoms with Crippen LogP contribution in [-0.4, -0.2) is 28.4 Å². The van der Waals surface area contributed by atoms with Crippen LogP contribution in [0.1, 0.15) is 11.3 Å². The Hall–Kier alpha value is -2.60. The van der Waals surface area contributed by atoms with Crippen LogP contribution in [0.25, 0.3) is 10.8 Å². The van der Waals surface area contributed by atoms with E-state index in [9.17, 15) is 9.59 Å². The van der Waals surface area contributed by atoms with Crippen LogP contribution in [0, 0.1) is 0 Å². The van der Waals surface area contributed by atoms with Gasteiger partial charge in [0.25, 0.3) is 5.56 Å². The second-order valence-electron chi connectivity index (χ2n) is 5.61. The summed E-state index contributed by atoms with van der Waals surface area (Å²) in [6.07, 6.45) is 0.153. The normalized spacial score (nSPS) is 10.7. The highest BCUT2D eigenvalue weighted by atomic mass is 32.2. The summed E-state index contributed by atoms with van der Waals surface area (Å²) in [6.45, 7) is 0.609. The van der Waals surface area contributed by atoms with E-state index < -0.39 is 0 Å². The molecule has 1 amide bonds. The van der Waals surface area contributed by atoms with Gasteiger partial charge in [-0.3, -0.25) is 9.59 Å². The van der Waals surface area contributed by atoms with Crippen molar-refractivity contribution < 1.29 is 4.79 Å². The van der Waals surface area contributed by atoms with E-state index in [0.29, 0.717) is 17.6 Å². The lowest BCUT2D eigenvalue weighted by Gasteiger charge is -2.07. The van der Waals surface area contributed by atoms with Crippen LogP contribution < -0.4 is 10.9 Å². The van der Waals surface area contributed by atoms with Gasteiger partial charge in [0, 0.05) is 23.4 Å². The SMILES string of the molecule is O=C(Cc1n[nH]c(=O)c2ccccc12)NCCSCc1ccccc1. The van der Waals surface area contributed by atoms with Crippen molar-refractivity contribution in [1.29, 1.82) is 0 Å². The topological polar surface area (TPSA) is 74.8 Å². The summed E-state index contributed by atoms with van der Waals surface area (Å²) in [5.74, 6) is 1.69. The summed E-state index contributed by atoms with van der Waals surface area (Å²) in [4.78, 5) is 23.9. The fourth-order valence-corrected chi connectivity index (χ4v) is 3.37. The average molecular weight is 353 g/mol. The fraction of sp³-hybridized carbons (Fsp3) is 0.211. The van der Waals surface area contributed by atoms with E-state index in [1.54, 1.807) is 23.9 Å². The van der Waals surface area contributed by atoms with Crippen molar-refractivity contribution in [2.45, 2.75) is 12.2 Å². The molecule has 0 fully saturated rings. The van der Waals surface area contributed by atoms with E-state index in [1.165, 1.54) is 5.56 Å². The Morgan fingerprint density at radius 1 is 1.04 bits per heavy atom. The van der Waals surface area contributed by atoms with Crippen LogP contribution in [0.15, 0.2) is 59.4 Å². The van der Waals surface area contributed by atoms with Gasteiger partial charge in [-0.15, -0.1) is 0 Å². The number of fused-ring (bicyclic) bond motifs is 1. The molecule has 0 spiro atoms. The number of carbonyl (C=O) groups excluding carboxylic acids is 1. The van der Waals surface area contributed by atoms with Crippen LogP contribution in [0.3, 0.4) is 0 Å². The maximum absolute atomic E-state index is 12.1. The Morgan fingerprint density at radius 3 is 2.56 bits per heavy atom. The maximum Gasteiger partial charge on any atom is 0.272 e. The summed E-state index contributed by atoms with van der Waals surface area (Å²) in [5.41, 5.74) is 1.63. The third-order valence-electron chi connectivity index (χ3n) is 3.78. The van der Waals surface area contributed by atoms with Gasteiger partial charge in [-0.05, 0) is 11.6 Å². The van der Waals surface area contributed by atoms with E-state index in [4.69, 9.17) is 0 Å². The number of hydrogen-bond donors (Lipinski definition) is 2. The standard InChI is InChI=1S/C19H19N3O2S/c23-18(20-10-11-25-13-14-6-2-1-3-7-14)12-17-15-8-4-5-9-16(15)19(24)22-21-17/h1-9H,10-13H2,(H,20,23)(H,22,24). The molecule has 1 heterocycles. The molecule has 0 saturated carbocycles. The number of aromatic amines is 1. The Balaban J connectivity index is 1.48. The molecule has 6 heteroatoms. The van der Waals surface area contributed by atoms with Crippen LogP contribution >= 0.6 is 11.8 Å². The van der Waals surface area contributed by atoms with Crippen LogP contribution in [0.5, 0.6) is 0 Å². The number of aromatic nitrogens is 2. The van der Waals surface area contributed by atoms with Crippen molar-refractivity contribution in [2.24, 2.45) is 0 Å². The zero-order valence-electron chi connectivity index (χ0n) is 13.7. The lowest BCUT2D eigenvalue weighted by molar-refractivity contribution is -0.120. The predicted octanol–water partition coefficient (Wildman–Crippen LogP) is 2.52. The predicted molar refractivity (Wildman–Crippen MR) is 102 cm³/mol. The number of amides is 1. The zero-order valence-corrected chi connectivity index (χ0v) is 14.5. The third kappa shape index (κ3) is 4.70. The first-order valence-electron chi connectivity index (χ1n) is 8.09. The number of benzene rings is 2. The van der Waals surface area contributed by atoms with E-state index in [2.05, 4.69) is 27.6 Å². The minimum Gasteiger partial charge on any atom is -0.355 e. The maximum atomic E-state index is 12.1. The number of nitrogens with zero attached hydrogens (tertiary/aromatic N) is 1. The van der Waals surface area contributed by atoms with Crippen molar-refractivity contribution >= 4 is 28.4 Å².